The number of pyridine rings is 1. The van der Waals surface area contributed by atoms with Crippen molar-refractivity contribution >= 4 is 40.3 Å². The van der Waals surface area contributed by atoms with E-state index < -0.39 is 23.6 Å². The summed E-state index contributed by atoms with van der Waals surface area (Å²) in [4.78, 5) is 57.4. The van der Waals surface area contributed by atoms with Gasteiger partial charge in [-0.05, 0) is 85.5 Å². The molecule has 0 saturated heterocycles. The molecule has 0 radical (unpaired) electrons. The summed E-state index contributed by atoms with van der Waals surface area (Å²) in [7, 11) is 1.32. The molecule has 1 heterocycles. The Kier molecular flexibility index (Phi) is 13.7. The lowest BCUT2D eigenvalue weighted by atomic mass is 9.88. The Labute approximate surface area is 322 Å². The number of anilines is 1. The van der Waals surface area contributed by atoms with E-state index in [0.29, 0.717) is 18.8 Å². The number of ketones is 1. The first kappa shape index (κ1) is 40.2. The van der Waals surface area contributed by atoms with Crippen molar-refractivity contribution in [3.8, 4) is 16.9 Å². The van der Waals surface area contributed by atoms with Crippen LogP contribution in [0.15, 0.2) is 109 Å². The summed E-state index contributed by atoms with van der Waals surface area (Å²) >= 11 is 0. The van der Waals surface area contributed by atoms with E-state index >= 15 is 0 Å². The first-order valence-electron chi connectivity index (χ1n) is 18.5. The average Bonchev–Trinajstić information content (AvgIpc) is 3.17. The highest BCUT2D eigenvalue weighted by molar-refractivity contribution is 6.00. The molecule has 286 valence electrons. The molecule has 2 amide bonds. The lowest BCUT2D eigenvalue weighted by Gasteiger charge is -2.27. The molecule has 0 bridgehead atoms. The average molecular weight is 744 g/mol. The maximum atomic E-state index is 13.3. The van der Waals surface area contributed by atoms with Crippen molar-refractivity contribution in [2.24, 2.45) is 0 Å². The van der Waals surface area contributed by atoms with Crippen LogP contribution in [-0.2, 0) is 30.5 Å². The number of ether oxygens (including phenoxy) is 3. The largest absolute Gasteiger partial charge is 0.488 e. The lowest BCUT2D eigenvalue weighted by molar-refractivity contribution is -0.141. The first-order chi connectivity index (χ1) is 26.4. The van der Waals surface area contributed by atoms with E-state index in [-0.39, 0.29) is 44.0 Å². The second-order valence-corrected chi connectivity index (χ2v) is 14.5. The van der Waals surface area contributed by atoms with Crippen LogP contribution in [-0.4, -0.2) is 54.5 Å². The number of methoxy groups -OCH3 is 1. The Morgan fingerprint density at radius 1 is 0.836 bits per heavy atom. The molecule has 0 aliphatic carbocycles. The maximum Gasteiger partial charge on any atom is 0.416 e. The highest BCUT2D eigenvalue weighted by Gasteiger charge is 2.25. The number of hydrogen-bond donors (Lipinski definition) is 1. The molecule has 1 atom stereocenters. The fourth-order valence-electron chi connectivity index (χ4n) is 6.26. The highest BCUT2D eigenvalue weighted by Crippen LogP contribution is 2.36. The van der Waals surface area contributed by atoms with Crippen LogP contribution in [0, 0.1) is 6.92 Å². The van der Waals surface area contributed by atoms with Crippen molar-refractivity contribution < 1.29 is 33.4 Å². The Morgan fingerprint density at radius 3 is 2.33 bits per heavy atom. The van der Waals surface area contributed by atoms with Crippen LogP contribution in [0.1, 0.15) is 69.1 Å². The third-order valence-corrected chi connectivity index (χ3v) is 8.96. The van der Waals surface area contributed by atoms with Gasteiger partial charge in [0, 0.05) is 36.9 Å². The number of esters is 1. The molecule has 10 nitrogen and oxygen atoms in total. The third-order valence-electron chi connectivity index (χ3n) is 8.96. The van der Waals surface area contributed by atoms with Gasteiger partial charge in [0.05, 0.1) is 20.1 Å². The van der Waals surface area contributed by atoms with E-state index in [0.717, 1.165) is 44.3 Å². The molecular formula is C45H49N3O7. The Balaban J connectivity index is 1.23. The van der Waals surface area contributed by atoms with Gasteiger partial charge in [0.2, 0.25) is 5.91 Å². The Bertz CT molecular complexity index is 2110. The van der Waals surface area contributed by atoms with Gasteiger partial charge in [-0.2, -0.15) is 0 Å². The van der Waals surface area contributed by atoms with Crippen LogP contribution in [0.3, 0.4) is 0 Å². The second-order valence-electron chi connectivity index (χ2n) is 14.5. The van der Waals surface area contributed by atoms with Gasteiger partial charge in [-0.25, -0.2) is 9.78 Å². The fourth-order valence-corrected chi connectivity index (χ4v) is 6.26. The molecule has 0 aliphatic rings. The predicted octanol–water partition coefficient (Wildman–Crippen LogP) is 8.73. The molecule has 0 saturated carbocycles. The Hall–Kier alpha value is -6.03. The number of hydrogen-bond acceptors (Lipinski definition) is 8. The summed E-state index contributed by atoms with van der Waals surface area (Å²) in [6.07, 6.45) is 1.49. The number of rotatable bonds is 16. The van der Waals surface area contributed by atoms with Crippen molar-refractivity contribution in [1.29, 1.82) is 0 Å². The molecule has 0 fully saturated rings. The molecule has 5 aromatic rings. The number of nitrogens with zero attached hydrogens (tertiary/aromatic N) is 2. The van der Waals surface area contributed by atoms with Gasteiger partial charge in [0.1, 0.15) is 23.8 Å². The number of Topliss-reactive ketones (excluding diaryl/α,β-unsaturated/α-hetero) is 1. The molecule has 55 heavy (non-hydrogen) atoms. The number of carbonyl (C=O) groups excluding carboxylic acids is 4. The van der Waals surface area contributed by atoms with E-state index in [9.17, 15) is 19.2 Å². The normalized spacial score (nSPS) is 11.7. The smallest absolute Gasteiger partial charge is 0.416 e. The van der Waals surface area contributed by atoms with Crippen molar-refractivity contribution in [3.63, 3.8) is 0 Å². The molecule has 1 aromatic heterocycles. The monoisotopic (exact) mass is 743 g/mol. The van der Waals surface area contributed by atoms with Crippen molar-refractivity contribution in [3.05, 3.63) is 126 Å². The molecule has 10 heteroatoms. The van der Waals surface area contributed by atoms with Gasteiger partial charge in [-0.15, -0.1) is 0 Å². The fraction of sp³-hybridized carbons (Fsp3) is 0.311. The summed E-state index contributed by atoms with van der Waals surface area (Å²) in [6.45, 7) is 7.71. The van der Waals surface area contributed by atoms with Crippen molar-refractivity contribution in [2.45, 2.75) is 71.5 Å². The maximum absolute atomic E-state index is 13.3. The van der Waals surface area contributed by atoms with Gasteiger partial charge < -0.3 is 19.5 Å². The molecule has 1 N–H and O–H groups in total. The summed E-state index contributed by atoms with van der Waals surface area (Å²) in [6, 6.07) is 33.5. The standard InChI is InChI=1S/C45H49N3O7/c1-31-22-23-46-41(25-31)48(44(52)55-45(2,3)4)24-12-21-42(50)47-29-36(49)27-35(28-43(51)53-5)33-15-9-16-34(26-33)37-17-10-19-39-38(37)18-11-20-40(39)54-30-32-13-7-6-8-14-32/h6-11,13-20,22-23,25-26,35H,12,21,24,27-30H2,1-5H3,(H,47,50)/t35-/m0/s1. The quantitative estimate of drug-likeness (QED) is 0.0996. The van der Waals surface area contributed by atoms with Crippen molar-refractivity contribution in [2.75, 3.05) is 25.1 Å². The summed E-state index contributed by atoms with van der Waals surface area (Å²) in [5.74, 6) is -0.250. The van der Waals surface area contributed by atoms with E-state index in [1.807, 2.05) is 97.9 Å². The topological polar surface area (TPSA) is 124 Å². The van der Waals surface area contributed by atoms with Gasteiger partial charge in [-0.3, -0.25) is 19.3 Å². The van der Waals surface area contributed by atoms with Gasteiger partial charge in [0.25, 0.3) is 0 Å². The van der Waals surface area contributed by atoms with Crippen LogP contribution in [0.4, 0.5) is 10.6 Å². The van der Waals surface area contributed by atoms with Gasteiger partial charge >= 0.3 is 12.1 Å². The zero-order valence-corrected chi connectivity index (χ0v) is 32.2. The summed E-state index contributed by atoms with van der Waals surface area (Å²) in [5, 5.41) is 4.70. The summed E-state index contributed by atoms with van der Waals surface area (Å²) in [5.41, 5.74) is 4.03. The number of aromatic nitrogens is 1. The van der Waals surface area contributed by atoms with Crippen LogP contribution in [0.5, 0.6) is 5.75 Å². The summed E-state index contributed by atoms with van der Waals surface area (Å²) < 4.78 is 16.8. The molecule has 5 rings (SSSR count). The minimum Gasteiger partial charge on any atom is -0.488 e. The minimum atomic E-state index is -0.706. The molecule has 0 aliphatic heterocycles. The number of amides is 2. The third kappa shape index (κ3) is 11.7. The van der Waals surface area contributed by atoms with Gasteiger partial charge in [0.15, 0.2) is 5.78 Å². The van der Waals surface area contributed by atoms with E-state index in [1.165, 1.54) is 12.0 Å². The Morgan fingerprint density at radius 2 is 1.58 bits per heavy atom. The number of fused-ring (bicyclic) bond motifs is 1. The lowest BCUT2D eigenvalue weighted by Crippen LogP contribution is -2.38. The molecular weight excluding hydrogens is 695 g/mol. The van der Waals surface area contributed by atoms with E-state index in [2.05, 4.69) is 16.4 Å². The zero-order valence-electron chi connectivity index (χ0n) is 32.2. The second kappa shape index (κ2) is 18.8. The van der Waals surface area contributed by atoms with Gasteiger partial charge in [-0.1, -0.05) is 84.9 Å². The van der Waals surface area contributed by atoms with E-state index in [4.69, 9.17) is 14.2 Å². The number of carbonyl (C=O) groups is 4. The highest BCUT2D eigenvalue weighted by atomic mass is 16.6. The van der Waals surface area contributed by atoms with Crippen LogP contribution < -0.4 is 15.0 Å². The van der Waals surface area contributed by atoms with Crippen molar-refractivity contribution in [1.82, 2.24) is 10.3 Å². The number of nitrogens with one attached hydrogen (secondary N) is 1. The van der Waals surface area contributed by atoms with Crippen LogP contribution >= 0.6 is 0 Å². The van der Waals surface area contributed by atoms with Crippen LogP contribution in [0.25, 0.3) is 21.9 Å². The number of benzene rings is 4. The number of aryl methyl sites for hydroxylation is 1. The molecule has 4 aromatic carbocycles. The first-order valence-corrected chi connectivity index (χ1v) is 18.5. The zero-order chi connectivity index (χ0) is 39.4. The molecule has 0 spiro atoms. The van der Waals surface area contributed by atoms with Crippen LogP contribution in [0.2, 0.25) is 0 Å². The predicted molar refractivity (Wildman–Crippen MR) is 214 cm³/mol. The minimum absolute atomic E-state index is 0.000146. The molecule has 0 unspecified atom stereocenters. The SMILES string of the molecule is COC(=O)C[C@H](CC(=O)CNC(=O)CCCN(C(=O)OC(C)(C)C)c1cc(C)ccn1)c1cccc(-c2cccc3c(OCc4ccccc4)cccc23)c1. The van der Waals surface area contributed by atoms with E-state index in [1.54, 1.807) is 33.0 Å².